The molecule has 0 spiro atoms. The molecule has 0 saturated heterocycles. The molecule has 0 saturated carbocycles. The highest BCUT2D eigenvalue weighted by molar-refractivity contribution is 8.00. The Balaban J connectivity index is 1.75. The van der Waals surface area contributed by atoms with Gasteiger partial charge < -0.3 is 14.6 Å². The van der Waals surface area contributed by atoms with Gasteiger partial charge in [-0.05, 0) is 25.5 Å². The number of nitrogens with one attached hydrogen (secondary N) is 1. The topological polar surface area (TPSA) is 95.1 Å². The summed E-state index contributed by atoms with van der Waals surface area (Å²) in [6.45, 7) is 8.08. The molecule has 1 aromatic carbocycles. The smallest absolute Gasteiger partial charge is 0.239 e. The van der Waals surface area contributed by atoms with E-state index in [1.807, 2.05) is 4.57 Å². The summed E-state index contributed by atoms with van der Waals surface area (Å²) in [6.07, 6.45) is 4.20. The molecule has 0 aliphatic heterocycles. The van der Waals surface area contributed by atoms with Crippen LogP contribution in [-0.2, 0) is 17.9 Å². The van der Waals surface area contributed by atoms with Crippen LogP contribution in [0.25, 0.3) is 0 Å². The molecule has 2 aromatic heterocycles. The predicted molar refractivity (Wildman–Crippen MR) is 120 cm³/mol. The zero-order valence-electron chi connectivity index (χ0n) is 18.1. The number of allylic oxidation sites excluding steroid dienone is 1. The molecule has 1 unspecified atom stereocenters. The molecule has 2 heterocycles. The molecule has 8 nitrogen and oxygen atoms in total. The minimum absolute atomic E-state index is 0.0341. The molecule has 1 N–H and O–H groups in total. The Morgan fingerprint density at radius 1 is 1.41 bits per heavy atom. The average Bonchev–Trinajstić information content (AvgIpc) is 3.36. The van der Waals surface area contributed by atoms with Crippen LogP contribution in [0.15, 0.2) is 52.7 Å². The molecule has 10 heteroatoms. The number of aromatic nitrogens is 4. The van der Waals surface area contributed by atoms with Gasteiger partial charge in [0.15, 0.2) is 28.4 Å². The van der Waals surface area contributed by atoms with Gasteiger partial charge in [-0.2, -0.15) is 0 Å². The van der Waals surface area contributed by atoms with Crippen LogP contribution >= 0.6 is 11.8 Å². The first kappa shape index (κ1) is 23.5. The molecule has 1 atom stereocenters. The Bertz CT molecular complexity index is 1050. The summed E-state index contributed by atoms with van der Waals surface area (Å²) in [7, 11) is 0. The lowest BCUT2D eigenvalue weighted by Crippen LogP contribution is -2.26. The van der Waals surface area contributed by atoms with Gasteiger partial charge in [0, 0.05) is 12.6 Å². The third-order valence-corrected chi connectivity index (χ3v) is 5.78. The van der Waals surface area contributed by atoms with Gasteiger partial charge in [0.1, 0.15) is 12.4 Å². The number of thioether (sulfide) groups is 1. The van der Waals surface area contributed by atoms with Gasteiger partial charge in [0.05, 0.1) is 5.25 Å². The molecule has 1 amide bonds. The molecular formula is C22H26FN5O3S. The summed E-state index contributed by atoms with van der Waals surface area (Å²) in [5.74, 6) is 1.00. The number of carbonyl (C=O) groups is 1. The number of benzene rings is 1. The molecule has 0 aliphatic rings. The number of hydrogen-bond acceptors (Lipinski definition) is 7. The summed E-state index contributed by atoms with van der Waals surface area (Å²) in [6, 6.07) is 7.84. The Morgan fingerprint density at radius 2 is 2.22 bits per heavy atom. The van der Waals surface area contributed by atoms with Crippen LogP contribution in [0.3, 0.4) is 0 Å². The van der Waals surface area contributed by atoms with E-state index in [1.165, 1.54) is 17.8 Å². The number of unbranched alkanes of at least 4 members (excludes halogenated alkanes) is 1. The number of rotatable bonds is 12. The number of nitrogens with zero attached hydrogens (tertiary/aromatic N) is 4. The van der Waals surface area contributed by atoms with Crippen LogP contribution in [0.1, 0.15) is 37.8 Å². The fourth-order valence-electron chi connectivity index (χ4n) is 2.92. The Morgan fingerprint density at radius 3 is 2.91 bits per heavy atom. The number of ether oxygens (including phenoxy) is 1. The van der Waals surface area contributed by atoms with Crippen molar-refractivity contribution in [2.24, 2.45) is 0 Å². The van der Waals surface area contributed by atoms with E-state index in [-0.39, 0.29) is 18.3 Å². The number of amides is 1. The van der Waals surface area contributed by atoms with E-state index in [4.69, 9.17) is 9.26 Å². The average molecular weight is 460 g/mol. The molecule has 3 rings (SSSR count). The number of para-hydroxylation sites is 1. The number of aryl methyl sites for hydroxylation is 1. The predicted octanol–water partition coefficient (Wildman–Crippen LogP) is 4.77. The zero-order chi connectivity index (χ0) is 22.9. The van der Waals surface area contributed by atoms with Crippen LogP contribution in [0.5, 0.6) is 5.75 Å². The van der Waals surface area contributed by atoms with Crippen molar-refractivity contribution in [3.05, 3.63) is 60.4 Å². The number of hydrogen-bond donors (Lipinski definition) is 1. The Kier molecular flexibility index (Phi) is 8.43. The van der Waals surface area contributed by atoms with Crippen LogP contribution in [0, 0.1) is 12.7 Å². The molecule has 170 valence electrons. The van der Waals surface area contributed by atoms with Gasteiger partial charge in [-0.15, -0.1) is 16.8 Å². The van der Waals surface area contributed by atoms with Gasteiger partial charge in [-0.25, -0.2) is 4.39 Å². The van der Waals surface area contributed by atoms with Crippen molar-refractivity contribution in [2.45, 2.75) is 56.7 Å². The van der Waals surface area contributed by atoms with E-state index in [2.05, 4.69) is 34.2 Å². The maximum atomic E-state index is 13.9. The largest absolute Gasteiger partial charge is 0.483 e. The number of carbonyl (C=O) groups excluding carboxylic acids is 1. The van der Waals surface area contributed by atoms with Crippen molar-refractivity contribution in [1.82, 2.24) is 19.9 Å². The number of halogens is 1. The number of anilines is 1. The Labute approximate surface area is 190 Å². The van der Waals surface area contributed by atoms with Gasteiger partial charge in [0.25, 0.3) is 0 Å². The fraction of sp³-hybridized carbons (Fsp3) is 0.364. The van der Waals surface area contributed by atoms with Crippen molar-refractivity contribution < 1.29 is 18.4 Å². The van der Waals surface area contributed by atoms with Crippen LogP contribution in [0.2, 0.25) is 0 Å². The highest BCUT2D eigenvalue weighted by Crippen LogP contribution is 2.28. The van der Waals surface area contributed by atoms with Crippen LogP contribution < -0.4 is 10.1 Å². The highest BCUT2D eigenvalue weighted by Gasteiger charge is 2.24. The summed E-state index contributed by atoms with van der Waals surface area (Å²) >= 11 is 1.32. The standard InChI is InChI=1S/C22H26FN5O3S/c1-4-6-11-18(21(29)24-19-13-15(3)31-27-19)32-22-26-25-20(28(22)12-5-2)14-30-17-10-8-7-9-16(17)23/h5,7-10,13,18H,2,4,6,11-12,14H2,1,3H3,(H,24,27,29). The van der Waals surface area contributed by atoms with E-state index < -0.39 is 11.1 Å². The van der Waals surface area contributed by atoms with Gasteiger partial charge >= 0.3 is 0 Å². The van der Waals surface area contributed by atoms with E-state index in [0.717, 1.165) is 12.8 Å². The molecule has 0 fully saturated rings. The third kappa shape index (κ3) is 6.19. The lowest BCUT2D eigenvalue weighted by atomic mass is 10.2. The SMILES string of the molecule is C=CCn1c(COc2ccccc2F)nnc1SC(CCCC)C(=O)Nc1cc(C)on1. The first-order valence-electron chi connectivity index (χ1n) is 10.3. The molecule has 32 heavy (non-hydrogen) atoms. The summed E-state index contributed by atoms with van der Waals surface area (Å²) in [5, 5.41) is 15.2. The van der Waals surface area contributed by atoms with Crippen molar-refractivity contribution in [3.8, 4) is 5.75 Å². The molecule has 0 aliphatic carbocycles. The minimum atomic E-state index is -0.448. The van der Waals surface area contributed by atoms with E-state index in [1.54, 1.807) is 37.3 Å². The van der Waals surface area contributed by atoms with Gasteiger partial charge in [-0.3, -0.25) is 9.36 Å². The maximum Gasteiger partial charge on any atom is 0.239 e. The highest BCUT2D eigenvalue weighted by atomic mass is 32.2. The molecule has 0 bridgehead atoms. The first-order valence-corrected chi connectivity index (χ1v) is 11.2. The van der Waals surface area contributed by atoms with E-state index >= 15 is 0 Å². The van der Waals surface area contributed by atoms with Crippen LogP contribution in [0.4, 0.5) is 10.2 Å². The third-order valence-electron chi connectivity index (χ3n) is 4.54. The first-order chi connectivity index (χ1) is 15.5. The van der Waals surface area contributed by atoms with Crippen molar-refractivity contribution in [2.75, 3.05) is 5.32 Å². The van der Waals surface area contributed by atoms with Gasteiger partial charge in [0.2, 0.25) is 5.91 Å². The second kappa shape index (κ2) is 11.5. The van der Waals surface area contributed by atoms with Crippen molar-refractivity contribution in [1.29, 1.82) is 0 Å². The summed E-state index contributed by atoms with van der Waals surface area (Å²) in [5.41, 5.74) is 0. The Hall–Kier alpha value is -3.14. The normalized spacial score (nSPS) is 11.8. The summed E-state index contributed by atoms with van der Waals surface area (Å²) in [4.78, 5) is 12.9. The monoisotopic (exact) mass is 459 g/mol. The van der Waals surface area contributed by atoms with E-state index in [9.17, 15) is 9.18 Å². The summed E-state index contributed by atoms with van der Waals surface area (Å²) < 4.78 is 26.3. The fourth-order valence-corrected chi connectivity index (χ4v) is 4.02. The minimum Gasteiger partial charge on any atom is -0.483 e. The lowest BCUT2D eigenvalue weighted by Gasteiger charge is -2.15. The maximum absolute atomic E-state index is 13.9. The van der Waals surface area contributed by atoms with Crippen LogP contribution in [-0.4, -0.2) is 31.1 Å². The van der Waals surface area contributed by atoms with Gasteiger partial charge in [-0.1, -0.05) is 54.9 Å². The molecular weight excluding hydrogens is 433 g/mol. The lowest BCUT2D eigenvalue weighted by molar-refractivity contribution is -0.115. The zero-order valence-corrected chi connectivity index (χ0v) is 18.9. The molecule has 0 radical (unpaired) electrons. The molecule has 3 aromatic rings. The second-order valence-electron chi connectivity index (χ2n) is 7.08. The van der Waals surface area contributed by atoms with Crippen molar-refractivity contribution >= 4 is 23.5 Å². The van der Waals surface area contributed by atoms with E-state index in [0.29, 0.717) is 35.5 Å². The van der Waals surface area contributed by atoms with Crippen molar-refractivity contribution in [3.63, 3.8) is 0 Å². The second-order valence-corrected chi connectivity index (χ2v) is 8.25. The quantitative estimate of drug-likeness (QED) is 0.308.